The highest BCUT2D eigenvalue weighted by molar-refractivity contribution is 5.95. The molecule has 0 bridgehead atoms. The Labute approximate surface area is 189 Å². The van der Waals surface area contributed by atoms with Crippen molar-refractivity contribution in [1.29, 1.82) is 0 Å². The zero-order valence-electron chi connectivity index (χ0n) is 18.6. The predicted molar refractivity (Wildman–Crippen MR) is 129 cm³/mol. The molecule has 0 atom stereocenters. The minimum atomic E-state index is -0.0729. The summed E-state index contributed by atoms with van der Waals surface area (Å²) in [6.45, 7) is 11.1. The Hall–Kier alpha value is -3.67. The number of rotatable bonds is 11. The molecule has 0 fully saturated rings. The van der Waals surface area contributed by atoms with Gasteiger partial charge in [-0.1, -0.05) is 42.5 Å². The molecule has 6 nitrogen and oxygen atoms in total. The lowest BCUT2D eigenvalue weighted by Crippen LogP contribution is -2.34. The van der Waals surface area contributed by atoms with E-state index >= 15 is 0 Å². The van der Waals surface area contributed by atoms with E-state index in [1.807, 2.05) is 60.0 Å². The Kier molecular flexibility index (Phi) is 7.97. The molecule has 0 spiro atoms. The molecule has 32 heavy (non-hydrogen) atoms. The van der Waals surface area contributed by atoms with E-state index in [1.165, 1.54) is 0 Å². The molecule has 0 unspecified atom stereocenters. The molecule has 1 aromatic heterocycles. The van der Waals surface area contributed by atoms with Crippen molar-refractivity contribution in [1.82, 2.24) is 19.8 Å². The van der Waals surface area contributed by atoms with E-state index < -0.39 is 0 Å². The number of amides is 2. The van der Waals surface area contributed by atoms with Gasteiger partial charge in [0.05, 0.1) is 11.0 Å². The van der Waals surface area contributed by atoms with Gasteiger partial charge in [-0.05, 0) is 37.1 Å². The van der Waals surface area contributed by atoms with Gasteiger partial charge in [0.1, 0.15) is 12.4 Å². The molecule has 0 aliphatic heterocycles. The first-order chi connectivity index (χ1) is 15.5. The zero-order valence-corrected chi connectivity index (χ0v) is 18.6. The van der Waals surface area contributed by atoms with E-state index in [1.54, 1.807) is 17.1 Å². The summed E-state index contributed by atoms with van der Waals surface area (Å²) in [5, 5.41) is 2.98. The number of carbonyl (C=O) groups excluding carboxylic acids is 2. The number of imidazole rings is 1. The van der Waals surface area contributed by atoms with Crippen LogP contribution in [0.4, 0.5) is 0 Å². The standard InChI is InChI=1S/C26H30N4O2/c1-4-17-29(18-5-2)25(31)19-30-23-14-9-8-13-22(23)28-24(30)15-10-16-27-26(32)21-12-7-6-11-20(21)3/h4-9,11-14H,1-2,10,15-19H2,3H3,(H,27,32). The fourth-order valence-electron chi connectivity index (χ4n) is 3.69. The highest BCUT2D eigenvalue weighted by Gasteiger charge is 2.17. The average molecular weight is 431 g/mol. The van der Waals surface area contributed by atoms with Gasteiger partial charge in [-0.2, -0.15) is 0 Å². The third-order valence-corrected chi connectivity index (χ3v) is 5.33. The molecular weight excluding hydrogens is 400 g/mol. The van der Waals surface area contributed by atoms with Crippen LogP contribution in [0.25, 0.3) is 11.0 Å². The fourth-order valence-corrected chi connectivity index (χ4v) is 3.69. The fraction of sp³-hybridized carbons (Fsp3) is 0.269. The third-order valence-electron chi connectivity index (χ3n) is 5.33. The summed E-state index contributed by atoms with van der Waals surface area (Å²) < 4.78 is 1.97. The summed E-state index contributed by atoms with van der Waals surface area (Å²) in [4.78, 5) is 31.8. The van der Waals surface area contributed by atoms with Crippen LogP contribution in [0.5, 0.6) is 0 Å². The van der Waals surface area contributed by atoms with E-state index in [9.17, 15) is 9.59 Å². The topological polar surface area (TPSA) is 67.2 Å². The highest BCUT2D eigenvalue weighted by Crippen LogP contribution is 2.18. The first-order valence-corrected chi connectivity index (χ1v) is 10.8. The van der Waals surface area contributed by atoms with E-state index in [4.69, 9.17) is 4.98 Å². The number of aromatic nitrogens is 2. The summed E-state index contributed by atoms with van der Waals surface area (Å²) in [6, 6.07) is 15.4. The lowest BCUT2D eigenvalue weighted by Gasteiger charge is -2.20. The summed E-state index contributed by atoms with van der Waals surface area (Å²) in [6.07, 6.45) is 4.80. The van der Waals surface area contributed by atoms with E-state index in [0.717, 1.165) is 28.8 Å². The Morgan fingerprint density at radius 3 is 2.47 bits per heavy atom. The molecule has 166 valence electrons. The molecule has 6 heteroatoms. The molecular formula is C26H30N4O2. The minimum Gasteiger partial charge on any atom is -0.352 e. The normalized spacial score (nSPS) is 10.7. The third kappa shape index (κ3) is 5.52. The van der Waals surface area contributed by atoms with E-state index in [-0.39, 0.29) is 18.4 Å². The maximum atomic E-state index is 12.9. The van der Waals surface area contributed by atoms with Crippen LogP contribution in [-0.2, 0) is 17.8 Å². The first kappa shape index (κ1) is 23.0. The summed E-state index contributed by atoms with van der Waals surface area (Å²) in [7, 11) is 0. The predicted octanol–water partition coefficient (Wildman–Crippen LogP) is 3.91. The number of nitrogens with one attached hydrogen (secondary N) is 1. The van der Waals surface area contributed by atoms with Gasteiger partial charge >= 0.3 is 0 Å². The number of nitrogens with zero attached hydrogens (tertiary/aromatic N) is 3. The molecule has 0 saturated heterocycles. The maximum Gasteiger partial charge on any atom is 0.251 e. The van der Waals surface area contributed by atoms with Crippen molar-refractivity contribution in [3.8, 4) is 0 Å². The zero-order chi connectivity index (χ0) is 22.9. The second kappa shape index (κ2) is 11.1. The Morgan fingerprint density at radius 2 is 1.75 bits per heavy atom. The van der Waals surface area contributed by atoms with Crippen molar-refractivity contribution in [2.45, 2.75) is 26.3 Å². The average Bonchev–Trinajstić information content (AvgIpc) is 3.14. The molecule has 2 aromatic carbocycles. The van der Waals surface area contributed by atoms with Crippen molar-refractivity contribution in [2.24, 2.45) is 0 Å². The van der Waals surface area contributed by atoms with Gasteiger partial charge in [0.15, 0.2) is 0 Å². The Balaban J connectivity index is 1.69. The number of hydrogen-bond donors (Lipinski definition) is 1. The molecule has 3 rings (SSSR count). The molecule has 2 amide bonds. The Morgan fingerprint density at radius 1 is 1.06 bits per heavy atom. The number of para-hydroxylation sites is 2. The molecule has 0 radical (unpaired) electrons. The number of hydrogen-bond acceptors (Lipinski definition) is 3. The largest absolute Gasteiger partial charge is 0.352 e. The molecule has 0 saturated carbocycles. The summed E-state index contributed by atoms with van der Waals surface area (Å²) in [5.41, 5.74) is 3.43. The van der Waals surface area contributed by atoms with Crippen LogP contribution < -0.4 is 5.32 Å². The van der Waals surface area contributed by atoms with Crippen LogP contribution in [0.1, 0.15) is 28.2 Å². The van der Waals surface area contributed by atoms with Gasteiger partial charge in [-0.3, -0.25) is 9.59 Å². The highest BCUT2D eigenvalue weighted by atomic mass is 16.2. The van der Waals surface area contributed by atoms with E-state index in [2.05, 4.69) is 18.5 Å². The number of fused-ring (bicyclic) bond motifs is 1. The quantitative estimate of drug-likeness (QED) is 0.370. The maximum absolute atomic E-state index is 12.9. The van der Waals surface area contributed by atoms with Gasteiger partial charge in [-0.15, -0.1) is 13.2 Å². The van der Waals surface area contributed by atoms with Crippen LogP contribution >= 0.6 is 0 Å². The lowest BCUT2D eigenvalue weighted by molar-refractivity contribution is -0.130. The van der Waals surface area contributed by atoms with Crippen LogP contribution in [0, 0.1) is 6.92 Å². The van der Waals surface area contributed by atoms with Crippen molar-refractivity contribution in [3.63, 3.8) is 0 Å². The molecule has 3 aromatic rings. The lowest BCUT2D eigenvalue weighted by atomic mass is 10.1. The van der Waals surface area contributed by atoms with Crippen molar-refractivity contribution in [3.05, 3.63) is 90.8 Å². The van der Waals surface area contributed by atoms with E-state index in [0.29, 0.717) is 31.6 Å². The van der Waals surface area contributed by atoms with Crippen molar-refractivity contribution >= 4 is 22.8 Å². The van der Waals surface area contributed by atoms with Gasteiger partial charge in [0.2, 0.25) is 5.91 Å². The first-order valence-electron chi connectivity index (χ1n) is 10.8. The van der Waals surface area contributed by atoms with Crippen molar-refractivity contribution < 1.29 is 9.59 Å². The van der Waals surface area contributed by atoms with Crippen LogP contribution in [0.2, 0.25) is 0 Å². The number of carbonyl (C=O) groups is 2. The van der Waals surface area contributed by atoms with Gasteiger partial charge in [-0.25, -0.2) is 4.98 Å². The molecule has 0 aliphatic rings. The smallest absolute Gasteiger partial charge is 0.251 e. The van der Waals surface area contributed by atoms with Crippen molar-refractivity contribution in [2.75, 3.05) is 19.6 Å². The number of aryl methyl sites for hydroxylation is 2. The van der Waals surface area contributed by atoms with Crippen LogP contribution in [-0.4, -0.2) is 45.9 Å². The Bertz CT molecular complexity index is 1110. The van der Waals surface area contributed by atoms with Crippen LogP contribution in [0.3, 0.4) is 0 Å². The SMILES string of the molecule is C=CCN(CC=C)C(=O)Cn1c(CCCNC(=O)c2ccccc2C)nc2ccccc21. The molecule has 1 N–H and O–H groups in total. The summed E-state index contributed by atoms with van der Waals surface area (Å²) >= 11 is 0. The molecule has 1 heterocycles. The minimum absolute atomic E-state index is 0.0120. The van der Waals surface area contributed by atoms with Gasteiger partial charge in [0.25, 0.3) is 5.91 Å². The monoisotopic (exact) mass is 430 g/mol. The van der Waals surface area contributed by atoms with Crippen LogP contribution in [0.15, 0.2) is 73.8 Å². The van der Waals surface area contributed by atoms with Gasteiger partial charge in [0, 0.05) is 31.6 Å². The second-order valence-corrected chi connectivity index (χ2v) is 7.65. The summed E-state index contributed by atoms with van der Waals surface area (Å²) in [5.74, 6) is 0.750. The second-order valence-electron chi connectivity index (χ2n) is 7.65. The number of benzene rings is 2. The molecule has 0 aliphatic carbocycles. The van der Waals surface area contributed by atoms with Gasteiger partial charge < -0.3 is 14.8 Å².